The van der Waals surface area contributed by atoms with E-state index in [2.05, 4.69) is 63.0 Å². The minimum Gasteiger partial charge on any atom is -0.378 e. The van der Waals surface area contributed by atoms with Gasteiger partial charge in [0.25, 0.3) is 0 Å². The summed E-state index contributed by atoms with van der Waals surface area (Å²) in [5, 5.41) is 3.66. The van der Waals surface area contributed by atoms with Gasteiger partial charge in [-0.2, -0.15) is 0 Å². The third-order valence-electron chi connectivity index (χ3n) is 4.32. The number of nitrogens with zero attached hydrogens (tertiary/aromatic N) is 1. The van der Waals surface area contributed by atoms with E-state index in [4.69, 9.17) is 4.74 Å². The van der Waals surface area contributed by atoms with E-state index in [0.717, 1.165) is 32.8 Å². The molecule has 1 atom stereocenters. The lowest BCUT2D eigenvalue weighted by molar-refractivity contribution is -0.0545. The number of rotatable bonds is 5. The standard InChI is InChI=1S/C18H30N2O/c1-6-19-17(16-10-14(2)9-15(3)11-16)12-20-7-8-21-13-18(20,4)5/h9-11,17,19H,6-8,12-13H2,1-5H3. The van der Waals surface area contributed by atoms with Crippen LogP contribution in [0.2, 0.25) is 0 Å². The van der Waals surface area contributed by atoms with Crippen LogP contribution in [-0.2, 0) is 4.74 Å². The van der Waals surface area contributed by atoms with Gasteiger partial charge in [-0.1, -0.05) is 36.2 Å². The van der Waals surface area contributed by atoms with E-state index in [1.165, 1.54) is 16.7 Å². The SMILES string of the molecule is CCNC(CN1CCOCC1(C)C)c1cc(C)cc(C)c1. The zero-order valence-corrected chi connectivity index (χ0v) is 14.2. The fraction of sp³-hybridized carbons (Fsp3) is 0.667. The molecule has 0 bridgehead atoms. The van der Waals surface area contributed by atoms with Crippen molar-refractivity contribution < 1.29 is 4.74 Å². The average Bonchev–Trinajstić information content (AvgIpc) is 2.39. The molecule has 0 radical (unpaired) electrons. The summed E-state index contributed by atoms with van der Waals surface area (Å²) in [6, 6.07) is 7.25. The fourth-order valence-electron chi connectivity index (χ4n) is 3.19. The number of ether oxygens (including phenoxy) is 1. The van der Waals surface area contributed by atoms with Crippen molar-refractivity contribution in [2.45, 2.75) is 46.2 Å². The van der Waals surface area contributed by atoms with Crippen LogP contribution in [0.15, 0.2) is 18.2 Å². The summed E-state index contributed by atoms with van der Waals surface area (Å²) >= 11 is 0. The van der Waals surface area contributed by atoms with Gasteiger partial charge < -0.3 is 10.1 Å². The molecular weight excluding hydrogens is 260 g/mol. The molecule has 0 saturated carbocycles. The minimum atomic E-state index is 0.116. The molecule has 118 valence electrons. The highest BCUT2D eigenvalue weighted by molar-refractivity contribution is 5.31. The topological polar surface area (TPSA) is 24.5 Å². The first kappa shape index (κ1) is 16.5. The summed E-state index contributed by atoms with van der Waals surface area (Å²) in [6.45, 7) is 15.8. The maximum atomic E-state index is 5.64. The van der Waals surface area contributed by atoms with Crippen LogP contribution in [0.3, 0.4) is 0 Å². The number of morpholine rings is 1. The quantitative estimate of drug-likeness (QED) is 0.902. The summed E-state index contributed by atoms with van der Waals surface area (Å²) in [6.07, 6.45) is 0. The number of nitrogens with one attached hydrogen (secondary N) is 1. The van der Waals surface area contributed by atoms with E-state index < -0.39 is 0 Å². The molecule has 3 heteroatoms. The first-order valence-corrected chi connectivity index (χ1v) is 8.07. The van der Waals surface area contributed by atoms with Gasteiger partial charge in [-0.15, -0.1) is 0 Å². The molecule has 21 heavy (non-hydrogen) atoms. The number of hydrogen-bond acceptors (Lipinski definition) is 3. The molecule has 1 heterocycles. The highest BCUT2D eigenvalue weighted by atomic mass is 16.5. The minimum absolute atomic E-state index is 0.116. The summed E-state index contributed by atoms with van der Waals surface area (Å²) < 4.78 is 5.64. The maximum absolute atomic E-state index is 5.64. The molecule has 0 aromatic heterocycles. The van der Waals surface area contributed by atoms with Crippen LogP contribution >= 0.6 is 0 Å². The Hall–Kier alpha value is -0.900. The number of hydrogen-bond donors (Lipinski definition) is 1. The first-order valence-electron chi connectivity index (χ1n) is 8.07. The smallest absolute Gasteiger partial charge is 0.0645 e. The van der Waals surface area contributed by atoms with Crippen molar-refractivity contribution in [3.8, 4) is 0 Å². The van der Waals surface area contributed by atoms with Crippen molar-refractivity contribution >= 4 is 0 Å². The summed E-state index contributed by atoms with van der Waals surface area (Å²) in [5.41, 5.74) is 4.20. The molecule has 1 aromatic rings. The van der Waals surface area contributed by atoms with Gasteiger partial charge in [0.1, 0.15) is 0 Å². The first-order chi connectivity index (χ1) is 9.92. The normalized spacial score (nSPS) is 20.4. The zero-order valence-electron chi connectivity index (χ0n) is 14.2. The van der Waals surface area contributed by atoms with Gasteiger partial charge in [-0.05, 0) is 39.8 Å². The average molecular weight is 290 g/mol. The Kier molecular flexibility index (Phi) is 5.42. The van der Waals surface area contributed by atoms with Crippen molar-refractivity contribution in [2.24, 2.45) is 0 Å². The van der Waals surface area contributed by atoms with Crippen molar-refractivity contribution in [3.05, 3.63) is 34.9 Å². The molecule has 1 aliphatic rings. The van der Waals surface area contributed by atoms with Crippen LogP contribution in [0.4, 0.5) is 0 Å². The second kappa shape index (κ2) is 6.91. The Morgan fingerprint density at radius 1 is 1.24 bits per heavy atom. The molecule has 3 nitrogen and oxygen atoms in total. The van der Waals surface area contributed by atoms with E-state index >= 15 is 0 Å². The van der Waals surface area contributed by atoms with Crippen LogP contribution in [0.1, 0.15) is 43.5 Å². The molecule has 1 saturated heterocycles. The van der Waals surface area contributed by atoms with Crippen LogP contribution in [0.5, 0.6) is 0 Å². The monoisotopic (exact) mass is 290 g/mol. The predicted molar refractivity (Wildman–Crippen MR) is 88.8 cm³/mol. The number of likely N-dealkylation sites (N-methyl/N-ethyl adjacent to an activating group) is 1. The van der Waals surface area contributed by atoms with E-state index in [1.54, 1.807) is 0 Å². The molecular formula is C18H30N2O. The summed E-state index contributed by atoms with van der Waals surface area (Å²) in [7, 11) is 0. The van der Waals surface area contributed by atoms with Crippen LogP contribution in [-0.4, -0.2) is 43.3 Å². The largest absolute Gasteiger partial charge is 0.378 e. The van der Waals surface area contributed by atoms with Crippen LogP contribution in [0.25, 0.3) is 0 Å². The van der Waals surface area contributed by atoms with E-state index in [-0.39, 0.29) is 5.54 Å². The molecule has 0 aliphatic carbocycles. The van der Waals surface area contributed by atoms with Crippen LogP contribution < -0.4 is 5.32 Å². The molecule has 1 aromatic carbocycles. The number of aryl methyl sites for hydroxylation is 2. The van der Waals surface area contributed by atoms with Gasteiger partial charge in [-0.3, -0.25) is 4.90 Å². The lowest BCUT2D eigenvalue weighted by atomic mass is 9.97. The predicted octanol–water partition coefficient (Wildman–Crippen LogP) is 3.06. The zero-order chi connectivity index (χ0) is 15.5. The molecule has 1 aliphatic heterocycles. The van der Waals surface area contributed by atoms with Gasteiger partial charge in [0.05, 0.1) is 13.2 Å². The highest BCUT2D eigenvalue weighted by Gasteiger charge is 2.32. The molecule has 1 N–H and O–H groups in total. The van der Waals surface area contributed by atoms with Gasteiger partial charge in [0.2, 0.25) is 0 Å². The Morgan fingerprint density at radius 2 is 1.90 bits per heavy atom. The molecule has 1 unspecified atom stereocenters. The lowest BCUT2D eigenvalue weighted by Gasteiger charge is -2.43. The Balaban J connectivity index is 2.18. The highest BCUT2D eigenvalue weighted by Crippen LogP contribution is 2.24. The van der Waals surface area contributed by atoms with E-state index in [1.807, 2.05) is 0 Å². The fourth-order valence-corrected chi connectivity index (χ4v) is 3.19. The summed E-state index contributed by atoms with van der Waals surface area (Å²) in [4.78, 5) is 2.56. The van der Waals surface area contributed by atoms with Crippen molar-refractivity contribution in [3.63, 3.8) is 0 Å². The van der Waals surface area contributed by atoms with Gasteiger partial charge in [0.15, 0.2) is 0 Å². The lowest BCUT2D eigenvalue weighted by Crippen LogP contribution is -2.55. The Bertz CT molecular complexity index is 450. The summed E-state index contributed by atoms with van der Waals surface area (Å²) in [5.74, 6) is 0. The Labute approximate surface area is 129 Å². The Morgan fingerprint density at radius 3 is 2.48 bits per heavy atom. The van der Waals surface area contributed by atoms with Gasteiger partial charge in [-0.25, -0.2) is 0 Å². The van der Waals surface area contributed by atoms with Crippen LogP contribution in [0, 0.1) is 13.8 Å². The third kappa shape index (κ3) is 4.29. The van der Waals surface area contributed by atoms with E-state index in [0.29, 0.717) is 6.04 Å². The van der Waals surface area contributed by atoms with Crippen molar-refractivity contribution in [1.29, 1.82) is 0 Å². The molecule has 0 amide bonds. The van der Waals surface area contributed by atoms with E-state index in [9.17, 15) is 0 Å². The molecule has 2 rings (SSSR count). The van der Waals surface area contributed by atoms with Gasteiger partial charge in [0, 0.05) is 24.7 Å². The third-order valence-corrected chi connectivity index (χ3v) is 4.32. The molecule has 1 fully saturated rings. The van der Waals surface area contributed by atoms with Crippen molar-refractivity contribution in [2.75, 3.05) is 32.8 Å². The number of benzene rings is 1. The second-order valence-electron chi connectivity index (χ2n) is 6.84. The van der Waals surface area contributed by atoms with Gasteiger partial charge >= 0.3 is 0 Å². The van der Waals surface area contributed by atoms with Crippen molar-refractivity contribution in [1.82, 2.24) is 10.2 Å². The second-order valence-corrected chi connectivity index (χ2v) is 6.84. The maximum Gasteiger partial charge on any atom is 0.0645 e. The molecule has 0 spiro atoms.